The predicted molar refractivity (Wildman–Crippen MR) is 107 cm³/mol. The average Bonchev–Trinajstić information content (AvgIpc) is 2.92. The van der Waals surface area contributed by atoms with E-state index >= 15 is 0 Å². The fourth-order valence-corrected chi connectivity index (χ4v) is 3.08. The Bertz CT molecular complexity index is 1060. The molecule has 3 aromatic rings. The highest BCUT2D eigenvalue weighted by Crippen LogP contribution is 2.31. The first-order valence-electron chi connectivity index (χ1n) is 8.69. The van der Waals surface area contributed by atoms with E-state index in [0.717, 1.165) is 26.9 Å². The van der Waals surface area contributed by atoms with Crippen molar-refractivity contribution in [2.75, 3.05) is 12.4 Å². The predicted octanol–water partition coefficient (Wildman–Crippen LogP) is 4.08. The molecular formula is C21H21FN4O2. The maximum atomic E-state index is 14.2. The molecule has 144 valence electrons. The summed E-state index contributed by atoms with van der Waals surface area (Å²) in [6, 6.07) is 13.2. The lowest BCUT2D eigenvalue weighted by Crippen LogP contribution is -2.15. The van der Waals surface area contributed by atoms with Gasteiger partial charge < -0.3 is 10.2 Å². The minimum Gasteiger partial charge on any atom is -0.399 e. The number of oxime groups is 1. The molecule has 1 aromatic heterocycles. The van der Waals surface area contributed by atoms with Crippen molar-refractivity contribution in [1.82, 2.24) is 9.78 Å². The smallest absolute Gasteiger partial charge is 0.262 e. The topological polar surface area (TPSA) is 68.5 Å². The first-order chi connectivity index (χ1) is 13.4. The van der Waals surface area contributed by atoms with E-state index in [1.807, 2.05) is 43.3 Å². The average molecular weight is 380 g/mol. The van der Waals surface area contributed by atoms with Gasteiger partial charge in [0.2, 0.25) is 5.95 Å². The Hall–Kier alpha value is -3.48. The van der Waals surface area contributed by atoms with Crippen LogP contribution in [0.3, 0.4) is 0 Å². The summed E-state index contributed by atoms with van der Waals surface area (Å²) in [5.74, 6) is -1.19. The van der Waals surface area contributed by atoms with Crippen molar-refractivity contribution >= 4 is 17.8 Å². The van der Waals surface area contributed by atoms with E-state index in [2.05, 4.69) is 15.6 Å². The molecule has 7 heteroatoms. The Balaban J connectivity index is 1.96. The lowest BCUT2D eigenvalue weighted by molar-refractivity contribution is 0.102. The number of hydrogen-bond donors (Lipinski definition) is 1. The van der Waals surface area contributed by atoms with Gasteiger partial charge in [0.05, 0.1) is 11.9 Å². The summed E-state index contributed by atoms with van der Waals surface area (Å²) in [6.07, 6.45) is 1.62. The minimum absolute atomic E-state index is 0.0554. The third-order valence-corrected chi connectivity index (χ3v) is 4.40. The lowest BCUT2D eigenvalue weighted by Gasteiger charge is -2.13. The molecule has 3 rings (SSSR count). The lowest BCUT2D eigenvalue weighted by atomic mass is 9.97. The van der Waals surface area contributed by atoms with Gasteiger partial charge >= 0.3 is 0 Å². The highest BCUT2D eigenvalue weighted by Gasteiger charge is 2.21. The van der Waals surface area contributed by atoms with E-state index in [1.54, 1.807) is 19.2 Å². The first kappa shape index (κ1) is 19.3. The fraction of sp³-hybridized carbons (Fsp3) is 0.190. The molecule has 0 aliphatic rings. The highest BCUT2D eigenvalue weighted by atomic mass is 19.1. The zero-order valence-electron chi connectivity index (χ0n) is 16.2. The van der Waals surface area contributed by atoms with E-state index in [9.17, 15) is 9.18 Å². The van der Waals surface area contributed by atoms with E-state index < -0.39 is 11.9 Å². The van der Waals surface area contributed by atoms with Gasteiger partial charge in [0.1, 0.15) is 12.7 Å². The van der Waals surface area contributed by atoms with Crippen LogP contribution in [-0.2, 0) is 11.9 Å². The van der Waals surface area contributed by atoms with Gasteiger partial charge in [0, 0.05) is 18.3 Å². The van der Waals surface area contributed by atoms with Crippen molar-refractivity contribution in [1.29, 1.82) is 0 Å². The molecule has 28 heavy (non-hydrogen) atoms. The number of benzene rings is 2. The zero-order valence-corrected chi connectivity index (χ0v) is 16.2. The molecule has 0 unspecified atom stereocenters. The van der Waals surface area contributed by atoms with E-state index in [1.165, 1.54) is 14.2 Å². The van der Waals surface area contributed by atoms with Gasteiger partial charge in [-0.15, -0.1) is 0 Å². The van der Waals surface area contributed by atoms with Crippen LogP contribution < -0.4 is 5.32 Å². The number of para-hydroxylation sites is 1. The second-order valence-electron chi connectivity index (χ2n) is 6.37. The summed E-state index contributed by atoms with van der Waals surface area (Å²) in [5, 5.41) is 10.5. The molecule has 1 N–H and O–H groups in total. The van der Waals surface area contributed by atoms with E-state index in [4.69, 9.17) is 4.84 Å². The van der Waals surface area contributed by atoms with Gasteiger partial charge in [0.15, 0.2) is 0 Å². The summed E-state index contributed by atoms with van der Waals surface area (Å²) in [6.45, 7) is 3.58. The molecule has 0 fully saturated rings. The molecule has 0 aliphatic carbocycles. The number of nitrogens with zero attached hydrogens (tertiary/aromatic N) is 3. The number of nitrogens with one attached hydrogen (secondary N) is 1. The van der Waals surface area contributed by atoms with E-state index in [-0.39, 0.29) is 5.56 Å². The van der Waals surface area contributed by atoms with Crippen LogP contribution in [-0.4, -0.2) is 29.0 Å². The van der Waals surface area contributed by atoms with Crippen LogP contribution in [0.1, 0.15) is 27.2 Å². The number of hydrogen-bond acceptors (Lipinski definition) is 4. The van der Waals surface area contributed by atoms with Gasteiger partial charge in [-0.2, -0.15) is 9.49 Å². The molecule has 0 atom stereocenters. The molecule has 0 radical (unpaired) electrons. The van der Waals surface area contributed by atoms with Crippen molar-refractivity contribution in [3.8, 4) is 11.1 Å². The summed E-state index contributed by atoms with van der Waals surface area (Å²) in [4.78, 5) is 17.4. The Morgan fingerprint density at radius 3 is 2.61 bits per heavy atom. The normalized spacial score (nSPS) is 11.0. The van der Waals surface area contributed by atoms with Crippen LogP contribution >= 0.6 is 0 Å². The van der Waals surface area contributed by atoms with Crippen LogP contribution in [0.4, 0.5) is 10.1 Å². The van der Waals surface area contributed by atoms with Crippen molar-refractivity contribution in [2.24, 2.45) is 12.2 Å². The fourth-order valence-electron chi connectivity index (χ4n) is 3.08. The molecule has 1 amide bonds. The maximum absolute atomic E-state index is 14.2. The number of carbonyl (C=O) groups excluding carboxylic acids is 1. The molecule has 2 aromatic carbocycles. The number of halogens is 1. The zero-order chi connectivity index (χ0) is 20.3. The first-order valence-corrected chi connectivity index (χ1v) is 8.69. The van der Waals surface area contributed by atoms with Gasteiger partial charge in [-0.05, 0) is 42.7 Å². The summed E-state index contributed by atoms with van der Waals surface area (Å²) in [5.41, 5.74) is 4.58. The molecule has 0 saturated carbocycles. The van der Waals surface area contributed by atoms with Crippen molar-refractivity contribution in [3.63, 3.8) is 0 Å². The molecule has 0 spiro atoms. The van der Waals surface area contributed by atoms with Crippen molar-refractivity contribution in [3.05, 3.63) is 70.8 Å². The molecule has 0 bridgehead atoms. The molecule has 0 aliphatic heterocycles. The minimum atomic E-state index is -0.662. The van der Waals surface area contributed by atoms with E-state index in [0.29, 0.717) is 11.4 Å². The van der Waals surface area contributed by atoms with Crippen LogP contribution in [0.15, 0.2) is 47.6 Å². The molecular weight excluding hydrogens is 359 g/mol. The molecule has 6 nitrogen and oxygen atoms in total. The Morgan fingerprint density at radius 2 is 1.96 bits per heavy atom. The SMILES string of the molecule is CO/N=C/c1ccc(-c2ccccc2NC(=O)c2c(C)nn(C)c2F)c(C)c1. The van der Waals surface area contributed by atoms with Crippen LogP contribution in [0, 0.1) is 19.8 Å². The number of anilines is 1. The van der Waals surface area contributed by atoms with Gasteiger partial charge in [-0.1, -0.05) is 35.5 Å². The van der Waals surface area contributed by atoms with Gasteiger partial charge in [-0.25, -0.2) is 4.68 Å². The standard InChI is InChI=1S/C21H21FN4O2/c1-13-11-15(12-23-28-4)9-10-16(13)17-7-5-6-8-18(17)24-21(27)19-14(2)25-26(3)20(19)22/h5-12H,1-4H3,(H,24,27)/b23-12+. The Labute approximate surface area is 162 Å². The van der Waals surface area contributed by atoms with Crippen molar-refractivity contribution in [2.45, 2.75) is 13.8 Å². The Kier molecular flexibility index (Phi) is 5.54. The number of amides is 1. The number of rotatable bonds is 5. The number of carbonyl (C=O) groups is 1. The monoisotopic (exact) mass is 380 g/mol. The summed E-state index contributed by atoms with van der Waals surface area (Å²) < 4.78 is 15.3. The maximum Gasteiger partial charge on any atom is 0.262 e. The quantitative estimate of drug-likeness (QED) is 0.536. The summed E-state index contributed by atoms with van der Waals surface area (Å²) in [7, 11) is 2.95. The van der Waals surface area contributed by atoms with Crippen LogP contribution in [0.25, 0.3) is 11.1 Å². The number of aryl methyl sites for hydroxylation is 3. The second-order valence-corrected chi connectivity index (χ2v) is 6.37. The van der Waals surface area contributed by atoms with Crippen LogP contribution in [0.5, 0.6) is 0 Å². The van der Waals surface area contributed by atoms with Crippen LogP contribution in [0.2, 0.25) is 0 Å². The van der Waals surface area contributed by atoms with Gasteiger partial charge in [-0.3, -0.25) is 4.79 Å². The largest absolute Gasteiger partial charge is 0.399 e. The van der Waals surface area contributed by atoms with Gasteiger partial charge in [0.25, 0.3) is 5.91 Å². The highest BCUT2D eigenvalue weighted by molar-refractivity contribution is 6.07. The summed E-state index contributed by atoms with van der Waals surface area (Å²) >= 11 is 0. The Morgan fingerprint density at radius 1 is 1.21 bits per heavy atom. The molecule has 1 heterocycles. The molecule has 0 saturated heterocycles. The van der Waals surface area contributed by atoms with Crippen molar-refractivity contribution < 1.29 is 14.0 Å². The number of aromatic nitrogens is 2. The third kappa shape index (κ3) is 3.78. The second kappa shape index (κ2) is 8.04. The third-order valence-electron chi connectivity index (χ3n) is 4.40.